The molecule has 0 unspecified atom stereocenters. The molecule has 11 nitrogen and oxygen atoms in total. The molecule has 1 aliphatic rings. The summed E-state index contributed by atoms with van der Waals surface area (Å²) in [5.74, 6) is -5.05. The van der Waals surface area contributed by atoms with Crippen molar-refractivity contribution in [1.82, 2.24) is 5.32 Å². The maximum atomic E-state index is 12.5. The Bertz CT molecular complexity index is 605. The van der Waals surface area contributed by atoms with E-state index in [4.69, 9.17) is 20.5 Å². The predicted molar refractivity (Wildman–Crippen MR) is 70.6 cm³/mol. The lowest BCUT2D eigenvalue weighted by Crippen LogP contribution is -2.61. The first kappa shape index (κ1) is 20.5. The van der Waals surface area contributed by atoms with Crippen LogP contribution in [0.15, 0.2) is 16.9 Å². The van der Waals surface area contributed by atoms with Crippen LogP contribution >= 0.6 is 0 Å². The lowest BCUT2D eigenvalue weighted by Gasteiger charge is -2.38. The number of nitrogens with one attached hydrogen (secondary N) is 1. The molecule has 0 aromatic rings. The van der Waals surface area contributed by atoms with E-state index >= 15 is 0 Å². The number of aliphatic hydroxyl groups is 3. The number of alkyl halides is 3. The number of ether oxygens (including phenoxy) is 1. The van der Waals surface area contributed by atoms with Gasteiger partial charge in [0.05, 0.1) is 18.7 Å². The Morgan fingerprint density at radius 2 is 2.04 bits per heavy atom. The van der Waals surface area contributed by atoms with Gasteiger partial charge < -0.3 is 30.5 Å². The van der Waals surface area contributed by atoms with Gasteiger partial charge in [-0.2, -0.15) is 13.2 Å². The summed E-state index contributed by atoms with van der Waals surface area (Å²) in [5.41, 5.74) is 8.49. The molecule has 0 fully saturated rings. The number of nitrogens with zero attached hydrogens (tertiary/aromatic N) is 3. The van der Waals surface area contributed by atoms with Crippen molar-refractivity contribution in [3.05, 3.63) is 22.3 Å². The van der Waals surface area contributed by atoms with Crippen LogP contribution in [0.1, 0.15) is 0 Å². The van der Waals surface area contributed by atoms with Crippen LogP contribution in [0.5, 0.6) is 0 Å². The number of carboxylic acids is 1. The Balaban J connectivity index is 3.31. The third kappa shape index (κ3) is 4.96. The molecule has 1 rings (SSSR count). The molecule has 140 valence electrons. The fourth-order valence-corrected chi connectivity index (χ4v) is 2.01. The van der Waals surface area contributed by atoms with E-state index in [1.807, 2.05) is 0 Å². The zero-order valence-electron chi connectivity index (χ0n) is 12.2. The van der Waals surface area contributed by atoms with Gasteiger partial charge in [-0.15, -0.1) is 0 Å². The molecular formula is C11H13F3N4O7. The van der Waals surface area contributed by atoms with Gasteiger partial charge in [0.15, 0.2) is 0 Å². The van der Waals surface area contributed by atoms with Crippen LogP contribution in [-0.2, 0) is 14.3 Å². The molecule has 0 spiro atoms. The number of aliphatic hydroxyl groups excluding tert-OH is 3. The third-order valence-corrected chi connectivity index (χ3v) is 3.18. The predicted octanol–water partition coefficient (Wildman–Crippen LogP) is -1.21. The Labute approximate surface area is 136 Å². The summed E-state index contributed by atoms with van der Waals surface area (Å²) in [6, 6.07) is -3.55. The highest BCUT2D eigenvalue weighted by atomic mass is 19.4. The molecule has 1 aliphatic heterocycles. The van der Waals surface area contributed by atoms with Gasteiger partial charge in [0.25, 0.3) is 0 Å². The van der Waals surface area contributed by atoms with Gasteiger partial charge in [-0.1, -0.05) is 5.11 Å². The lowest BCUT2D eigenvalue weighted by atomic mass is 9.92. The van der Waals surface area contributed by atoms with Crippen LogP contribution in [0.3, 0.4) is 0 Å². The summed E-state index contributed by atoms with van der Waals surface area (Å²) in [6.07, 6.45) is -10.7. The van der Waals surface area contributed by atoms with Gasteiger partial charge in [0.1, 0.15) is 18.3 Å². The fourth-order valence-electron chi connectivity index (χ4n) is 2.01. The van der Waals surface area contributed by atoms with Crippen molar-refractivity contribution in [2.75, 3.05) is 6.61 Å². The topological polar surface area (TPSA) is 185 Å². The number of hydrogen-bond acceptors (Lipinski definition) is 7. The number of amides is 1. The molecule has 0 aromatic carbocycles. The minimum absolute atomic E-state index is 0.637. The number of azide groups is 1. The van der Waals surface area contributed by atoms with E-state index in [2.05, 4.69) is 10.0 Å². The molecular weight excluding hydrogens is 357 g/mol. The fraction of sp³-hybridized carbons (Fsp3) is 0.636. The minimum atomic E-state index is -5.33. The summed E-state index contributed by atoms with van der Waals surface area (Å²) in [4.78, 5) is 24.5. The molecule has 14 heteroatoms. The van der Waals surface area contributed by atoms with Gasteiger partial charge in [-0.3, -0.25) is 4.79 Å². The summed E-state index contributed by atoms with van der Waals surface area (Å²) in [5, 5.41) is 41.6. The SMILES string of the molecule is [N-]=[N+]=N[C@H]1C=C(C(=O)O)O[C@@H]([C@@H](O)[C@H](O)CO)[C@H]1NC(=O)C(F)(F)F. The van der Waals surface area contributed by atoms with Gasteiger partial charge >= 0.3 is 18.1 Å². The summed E-state index contributed by atoms with van der Waals surface area (Å²) < 4.78 is 42.2. The van der Waals surface area contributed by atoms with E-state index in [9.17, 15) is 33.0 Å². The molecule has 5 N–H and O–H groups in total. The van der Waals surface area contributed by atoms with Crippen molar-refractivity contribution < 1.29 is 47.9 Å². The van der Waals surface area contributed by atoms with E-state index in [0.29, 0.717) is 6.08 Å². The number of carboxylic acid groups (broad SMARTS) is 1. The summed E-state index contributed by atoms with van der Waals surface area (Å²) >= 11 is 0. The molecule has 1 heterocycles. The molecule has 25 heavy (non-hydrogen) atoms. The highest BCUT2D eigenvalue weighted by Gasteiger charge is 2.47. The molecule has 0 saturated heterocycles. The van der Waals surface area contributed by atoms with Crippen molar-refractivity contribution in [2.24, 2.45) is 5.11 Å². The number of aliphatic carboxylic acids is 1. The average Bonchev–Trinajstić information content (AvgIpc) is 2.53. The molecule has 1 amide bonds. The van der Waals surface area contributed by atoms with Crippen LogP contribution in [-0.4, -0.2) is 75.5 Å². The Hall–Kier alpha value is -2.54. The van der Waals surface area contributed by atoms with E-state index in [-0.39, 0.29) is 0 Å². The molecule has 5 atom stereocenters. The van der Waals surface area contributed by atoms with Crippen LogP contribution in [0.2, 0.25) is 0 Å². The quantitative estimate of drug-likeness (QED) is 0.220. The molecule has 0 bridgehead atoms. The highest BCUT2D eigenvalue weighted by molar-refractivity contribution is 5.85. The zero-order valence-corrected chi connectivity index (χ0v) is 12.2. The van der Waals surface area contributed by atoms with Crippen LogP contribution in [0.25, 0.3) is 10.4 Å². The van der Waals surface area contributed by atoms with Crippen LogP contribution < -0.4 is 5.32 Å². The van der Waals surface area contributed by atoms with Crippen molar-refractivity contribution in [3.63, 3.8) is 0 Å². The second-order valence-electron chi connectivity index (χ2n) is 4.85. The van der Waals surface area contributed by atoms with E-state index in [1.54, 1.807) is 0 Å². The smallest absolute Gasteiger partial charge is 0.471 e. The summed E-state index contributed by atoms with van der Waals surface area (Å²) in [7, 11) is 0. The first-order chi connectivity index (χ1) is 11.5. The molecule has 0 radical (unpaired) electrons. The molecule has 0 aliphatic carbocycles. The van der Waals surface area contributed by atoms with Gasteiger partial charge in [0, 0.05) is 4.91 Å². The van der Waals surface area contributed by atoms with E-state index < -0.39 is 60.8 Å². The van der Waals surface area contributed by atoms with Gasteiger partial charge in [-0.25, -0.2) is 4.79 Å². The second kappa shape index (κ2) is 8.02. The maximum Gasteiger partial charge on any atom is 0.471 e. The Kier molecular flexibility index (Phi) is 6.58. The van der Waals surface area contributed by atoms with E-state index in [1.165, 1.54) is 5.32 Å². The largest absolute Gasteiger partial charge is 0.478 e. The number of carbonyl (C=O) groups is 2. The monoisotopic (exact) mass is 370 g/mol. The maximum absolute atomic E-state index is 12.5. The van der Waals surface area contributed by atoms with Crippen LogP contribution in [0.4, 0.5) is 13.2 Å². The first-order valence-corrected chi connectivity index (χ1v) is 6.53. The van der Waals surface area contributed by atoms with Crippen molar-refractivity contribution in [2.45, 2.75) is 36.6 Å². The number of halogens is 3. The van der Waals surface area contributed by atoms with Crippen molar-refractivity contribution in [1.29, 1.82) is 0 Å². The van der Waals surface area contributed by atoms with Crippen molar-refractivity contribution in [3.8, 4) is 0 Å². The number of rotatable bonds is 6. The average molecular weight is 370 g/mol. The Morgan fingerprint density at radius 1 is 1.44 bits per heavy atom. The molecule has 0 aromatic heterocycles. The standard InChI is InChI=1S/C11H13F3N4O7/c12-11(13,14)10(24)16-6-3(17-18-15)1-5(9(22)23)25-8(6)7(21)4(20)2-19/h1,3-4,6-8,19-21H,2H2,(H,16,24)(H,22,23)/t3-,4+,6-,7-,8+/m0/s1. The number of carbonyl (C=O) groups excluding carboxylic acids is 1. The van der Waals surface area contributed by atoms with E-state index in [0.717, 1.165) is 0 Å². The lowest BCUT2D eigenvalue weighted by molar-refractivity contribution is -0.177. The third-order valence-electron chi connectivity index (χ3n) is 3.18. The Morgan fingerprint density at radius 3 is 2.48 bits per heavy atom. The first-order valence-electron chi connectivity index (χ1n) is 6.53. The number of hydrogen-bond donors (Lipinski definition) is 5. The minimum Gasteiger partial charge on any atom is -0.478 e. The van der Waals surface area contributed by atoms with Gasteiger partial charge in [-0.05, 0) is 11.6 Å². The van der Waals surface area contributed by atoms with Gasteiger partial charge in [0.2, 0.25) is 5.76 Å². The second-order valence-corrected chi connectivity index (χ2v) is 4.85. The molecule has 0 saturated carbocycles. The summed E-state index contributed by atoms with van der Waals surface area (Å²) in [6.45, 7) is -1.04. The normalized spacial score (nSPS) is 25.7. The highest BCUT2D eigenvalue weighted by Crippen LogP contribution is 2.26. The van der Waals surface area contributed by atoms with Crippen molar-refractivity contribution >= 4 is 11.9 Å². The van der Waals surface area contributed by atoms with Crippen LogP contribution in [0, 0.1) is 0 Å². The zero-order chi connectivity index (χ0) is 19.4.